The normalized spacial score (nSPS) is 11.1. The van der Waals surface area contributed by atoms with E-state index >= 15 is 0 Å². The highest BCUT2D eigenvalue weighted by atomic mass is 15.1. The van der Waals surface area contributed by atoms with E-state index in [1.54, 1.807) is 0 Å². The van der Waals surface area contributed by atoms with E-state index in [2.05, 4.69) is 221 Å². The van der Waals surface area contributed by atoms with Gasteiger partial charge >= 0.3 is 0 Å². The van der Waals surface area contributed by atoms with Gasteiger partial charge in [-0.1, -0.05) is 109 Å². The summed E-state index contributed by atoms with van der Waals surface area (Å²) in [6.45, 7) is 0. The summed E-state index contributed by atoms with van der Waals surface area (Å²) in [5.74, 6) is 0. The monoisotopic (exact) mass is 668 g/mol. The molecule has 248 valence electrons. The van der Waals surface area contributed by atoms with Crippen molar-refractivity contribution in [3.8, 4) is 0 Å². The third-order valence-corrected chi connectivity index (χ3v) is 9.58. The molecule has 9 aromatic carbocycles. The second-order valence-electron chi connectivity index (χ2n) is 12.9. The Bertz CT molecular complexity index is 2330. The molecule has 9 rings (SSSR count). The van der Waals surface area contributed by atoms with Crippen molar-refractivity contribution in [1.82, 2.24) is 0 Å². The summed E-state index contributed by atoms with van der Waals surface area (Å²) >= 11 is 0. The Kier molecular flexibility index (Phi) is 8.16. The Morgan fingerprint density at radius 1 is 0.250 bits per heavy atom. The van der Waals surface area contributed by atoms with Crippen molar-refractivity contribution in [2.45, 2.75) is 0 Å². The van der Waals surface area contributed by atoms with Gasteiger partial charge in [-0.3, -0.25) is 0 Å². The fourth-order valence-electron chi connectivity index (χ4n) is 7.00. The van der Waals surface area contributed by atoms with Crippen LogP contribution in [0.1, 0.15) is 0 Å². The molecular weight excluding hydrogens is 633 g/mol. The van der Waals surface area contributed by atoms with Gasteiger partial charge < -0.3 is 20.9 Å². The third kappa shape index (κ3) is 6.26. The molecule has 0 atom stereocenters. The van der Waals surface area contributed by atoms with E-state index in [-0.39, 0.29) is 0 Å². The number of hydrogen-bond acceptors (Lipinski definition) is 4. The molecule has 0 aliphatic heterocycles. The zero-order valence-corrected chi connectivity index (χ0v) is 28.5. The molecule has 0 bridgehead atoms. The third-order valence-electron chi connectivity index (χ3n) is 9.58. The SMILES string of the molecule is c1ccc2c(Nc3ccc(N(c4ccc(Nc5cccc6ccccc56)cc4)c4ccc(Nc5cccc6ccccc56)cc4)cc3)cccc2c1. The van der Waals surface area contributed by atoms with Crippen LogP contribution in [0.4, 0.5) is 51.2 Å². The number of rotatable bonds is 9. The molecule has 0 radical (unpaired) electrons. The van der Waals surface area contributed by atoms with E-state index < -0.39 is 0 Å². The number of anilines is 9. The number of hydrogen-bond donors (Lipinski definition) is 3. The van der Waals surface area contributed by atoms with Crippen molar-refractivity contribution in [2.24, 2.45) is 0 Å². The minimum absolute atomic E-state index is 1.03. The minimum Gasteiger partial charge on any atom is -0.355 e. The van der Waals surface area contributed by atoms with Gasteiger partial charge in [0, 0.05) is 67.3 Å². The summed E-state index contributed by atoms with van der Waals surface area (Å²) in [7, 11) is 0. The van der Waals surface area contributed by atoms with Crippen molar-refractivity contribution in [2.75, 3.05) is 20.9 Å². The van der Waals surface area contributed by atoms with Crippen molar-refractivity contribution in [1.29, 1.82) is 0 Å². The number of fused-ring (bicyclic) bond motifs is 3. The first kappa shape index (κ1) is 31.0. The lowest BCUT2D eigenvalue weighted by atomic mass is 10.1. The Labute approximate surface area is 303 Å². The molecule has 52 heavy (non-hydrogen) atoms. The second-order valence-corrected chi connectivity index (χ2v) is 12.9. The largest absolute Gasteiger partial charge is 0.355 e. The molecule has 9 aromatic rings. The predicted molar refractivity (Wildman–Crippen MR) is 223 cm³/mol. The molecule has 0 saturated carbocycles. The summed E-state index contributed by atoms with van der Waals surface area (Å²) in [6.07, 6.45) is 0. The molecule has 0 heterocycles. The van der Waals surface area contributed by atoms with Crippen LogP contribution in [0, 0.1) is 0 Å². The quantitative estimate of drug-likeness (QED) is 0.143. The van der Waals surface area contributed by atoms with Crippen LogP contribution in [0.15, 0.2) is 200 Å². The number of nitrogens with zero attached hydrogens (tertiary/aromatic N) is 1. The molecule has 0 amide bonds. The van der Waals surface area contributed by atoms with Gasteiger partial charge in [-0.25, -0.2) is 0 Å². The topological polar surface area (TPSA) is 39.3 Å². The molecule has 3 N–H and O–H groups in total. The summed E-state index contributed by atoms with van der Waals surface area (Å²) in [6, 6.07) is 70.5. The van der Waals surface area contributed by atoms with E-state index in [4.69, 9.17) is 0 Å². The van der Waals surface area contributed by atoms with Gasteiger partial charge in [0.2, 0.25) is 0 Å². The lowest BCUT2D eigenvalue weighted by molar-refractivity contribution is 1.28. The maximum absolute atomic E-state index is 3.64. The molecule has 0 unspecified atom stereocenters. The molecule has 0 saturated heterocycles. The first-order valence-electron chi connectivity index (χ1n) is 17.6. The fraction of sp³-hybridized carbons (Fsp3) is 0. The first-order valence-corrected chi connectivity index (χ1v) is 17.6. The van der Waals surface area contributed by atoms with Crippen molar-refractivity contribution in [3.63, 3.8) is 0 Å². The fourth-order valence-corrected chi connectivity index (χ4v) is 7.00. The Morgan fingerprint density at radius 2 is 0.519 bits per heavy atom. The average Bonchev–Trinajstić information content (AvgIpc) is 3.20. The second kappa shape index (κ2) is 13.7. The van der Waals surface area contributed by atoms with Gasteiger partial charge in [-0.2, -0.15) is 0 Å². The molecule has 0 spiro atoms. The van der Waals surface area contributed by atoms with Crippen LogP contribution in [0.3, 0.4) is 0 Å². The van der Waals surface area contributed by atoms with Crippen LogP contribution < -0.4 is 20.9 Å². The van der Waals surface area contributed by atoms with Crippen LogP contribution in [-0.2, 0) is 0 Å². The summed E-state index contributed by atoms with van der Waals surface area (Å²) in [5, 5.41) is 18.2. The molecule has 0 aliphatic rings. The van der Waals surface area contributed by atoms with Gasteiger partial charge in [0.1, 0.15) is 0 Å². The maximum Gasteiger partial charge on any atom is 0.0463 e. The molecule has 0 aliphatic carbocycles. The minimum atomic E-state index is 1.03. The Balaban J connectivity index is 1.03. The van der Waals surface area contributed by atoms with E-state index in [0.29, 0.717) is 0 Å². The Morgan fingerprint density at radius 3 is 0.827 bits per heavy atom. The van der Waals surface area contributed by atoms with Gasteiger partial charge in [-0.05, 0) is 107 Å². The highest BCUT2D eigenvalue weighted by Gasteiger charge is 2.14. The van der Waals surface area contributed by atoms with Crippen LogP contribution in [0.5, 0.6) is 0 Å². The summed E-state index contributed by atoms with van der Waals surface area (Å²) in [5.41, 5.74) is 9.55. The van der Waals surface area contributed by atoms with Crippen LogP contribution >= 0.6 is 0 Å². The molecule has 0 aromatic heterocycles. The molecule has 0 fully saturated rings. The maximum atomic E-state index is 3.64. The zero-order chi connectivity index (χ0) is 34.7. The highest BCUT2D eigenvalue weighted by molar-refractivity contribution is 5.97. The van der Waals surface area contributed by atoms with Gasteiger partial charge in [-0.15, -0.1) is 0 Å². The predicted octanol–water partition coefficient (Wildman–Crippen LogP) is 13.8. The average molecular weight is 669 g/mol. The lowest BCUT2D eigenvalue weighted by Crippen LogP contribution is -2.10. The van der Waals surface area contributed by atoms with Gasteiger partial charge in [0.05, 0.1) is 0 Å². The number of benzene rings is 9. The lowest BCUT2D eigenvalue weighted by Gasteiger charge is -2.26. The van der Waals surface area contributed by atoms with Crippen molar-refractivity contribution in [3.05, 3.63) is 200 Å². The summed E-state index contributed by atoms with van der Waals surface area (Å²) in [4.78, 5) is 2.30. The molecule has 4 nitrogen and oxygen atoms in total. The van der Waals surface area contributed by atoms with E-state index in [9.17, 15) is 0 Å². The standard InChI is InChI=1S/C48H36N4/c1-4-16-43-34(10-1)13-7-19-46(43)49-37-22-28-40(29-23-37)52(41-30-24-38(25-31-41)50-47-20-8-14-35-11-2-5-17-44(35)47)42-32-26-39(27-33-42)51-48-21-9-15-36-12-3-6-18-45(36)48/h1-33,49-51H. The van der Waals surface area contributed by atoms with E-state index in [0.717, 1.165) is 51.2 Å². The number of nitrogens with one attached hydrogen (secondary N) is 3. The molecular formula is C48H36N4. The van der Waals surface area contributed by atoms with Crippen LogP contribution in [0.2, 0.25) is 0 Å². The molecule has 4 heteroatoms. The van der Waals surface area contributed by atoms with Gasteiger partial charge in [0.25, 0.3) is 0 Å². The van der Waals surface area contributed by atoms with Crippen molar-refractivity contribution < 1.29 is 0 Å². The Hall–Kier alpha value is -7.04. The van der Waals surface area contributed by atoms with Gasteiger partial charge in [0.15, 0.2) is 0 Å². The smallest absolute Gasteiger partial charge is 0.0463 e. The first-order chi connectivity index (χ1) is 25.7. The highest BCUT2D eigenvalue weighted by Crippen LogP contribution is 2.38. The summed E-state index contributed by atoms with van der Waals surface area (Å²) < 4.78 is 0. The van der Waals surface area contributed by atoms with Crippen LogP contribution in [-0.4, -0.2) is 0 Å². The zero-order valence-electron chi connectivity index (χ0n) is 28.5. The van der Waals surface area contributed by atoms with E-state index in [1.807, 2.05) is 0 Å². The van der Waals surface area contributed by atoms with E-state index in [1.165, 1.54) is 32.3 Å². The van der Waals surface area contributed by atoms with Crippen LogP contribution in [0.25, 0.3) is 32.3 Å². The van der Waals surface area contributed by atoms with Crippen molar-refractivity contribution >= 4 is 83.5 Å².